The van der Waals surface area contributed by atoms with Gasteiger partial charge in [0.25, 0.3) is 0 Å². The highest BCUT2D eigenvalue weighted by Crippen LogP contribution is 2.21. The lowest BCUT2D eigenvalue weighted by Gasteiger charge is -2.22. The van der Waals surface area contributed by atoms with Crippen LogP contribution in [0.2, 0.25) is 0 Å². The van der Waals surface area contributed by atoms with Gasteiger partial charge in [-0.1, -0.05) is 19.3 Å². The van der Waals surface area contributed by atoms with Gasteiger partial charge in [0.1, 0.15) is 0 Å². The number of fused-ring (bicyclic) bond motifs is 1. The molecule has 114 valence electrons. The number of nitrogens with one attached hydrogen (secondary N) is 1. The fourth-order valence-electron chi connectivity index (χ4n) is 2.88. The van der Waals surface area contributed by atoms with Gasteiger partial charge < -0.3 is 14.5 Å². The Kier molecular flexibility index (Phi) is 4.55. The molecule has 3 rings (SSSR count). The maximum Gasteiger partial charge on any atom is 0.215 e. The zero-order valence-electron chi connectivity index (χ0n) is 12.3. The molecule has 0 saturated heterocycles. The van der Waals surface area contributed by atoms with E-state index in [1.165, 1.54) is 32.1 Å². The van der Waals surface area contributed by atoms with Gasteiger partial charge >= 0.3 is 0 Å². The van der Waals surface area contributed by atoms with Crippen LogP contribution in [0.25, 0.3) is 11.2 Å². The minimum Gasteiger partial charge on any atom is -0.481 e. The molecule has 0 spiro atoms. The molecule has 21 heavy (non-hydrogen) atoms. The Morgan fingerprint density at radius 1 is 1.33 bits per heavy atom. The quantitative estimate of drug-likeness (QED) is 0.860. The molecule has 5 nitrogen and oxygen atoms in total. The molecule has 1 aliphatic carbocycles. The summed E-state index contributed by atoms with van der Waals surface area (Å²) in [5, 5.41) is 0. The number of aromatic amines is 1. The monoisotopic (exact) mass is 307 g/mol. The molecular weight excluding hydrogens is 286 g/mol. The van der Waals surface area contributed by atoms with Crippen molar-refractivity contribution >= 4 is 23.4 Å². The molecular formula is C15H21N3O2S. The van der Waals surface area contributed by atoms with Gasteiger partial charge in [-0.25, -0.2) is 0 Å². The molecule has 0 aromatic carbocycles. The molecule has 1 fully saturated rings. The smallest absolute Gasteiger partial charge is 0.215 e. The highest BCUT2D eigenvalue weighted by Gasteiger charge is 2.14. The Labute approximate surface area is 129 Å². The van der Waals surface area contributed by atoms with Crippen LogP contribution < -0.4 is 4.74 Å². The maximum absolute atomic E-state index is 5.98. The number of methoxy groups -OCH3 is 1. The summed E-state index contributed by atoms with van der Waals surface area (Å²) in [5.41, 5.74) is 1.75. The average Bonchev–Trinajstić information content (AvgIpc) is 2.83. The summed E-state index contributed by atoms with van der Waals surface area (Å²) in [6.07, 6.45) is 6.71. The van der Waals surface area contributed by atoms with Crippen LogP contribution in [0.3, 0.4) is 0 Å². The van der Waals surface area contributed by atoms with Crippen LogP contribution in [0.4, 0.5) is 0 Å². The van der Waals surface area contributed by atoms with Crippen LogP contribution in [0, 0.1) is 4.77 Å². The summed E-state index contributed by atoms with van der Waals surface area (Å²) in [5.74, 6) is 0.596. The molecule has 0 radical (unpaired) electrons. The lowest BCUT2D eigenvalue weighted by molar-refractivity contribution is 0.0243. The predicted molar refractivity (Wildman–Crippen MR) is 84.3 cm³/mol. The van der Waals surface area contributed by atoms with Crippen molar-refractivity contribution in [1.29, 1.82) is 0 Å². The molecule has 0 atom stereocenters. The third-order valence-electron chi connectivity index (χ3n) is 4.02. The van der Waals surface area contributed by atoms with Crippen molar-refractivity contribution in [3.05, 3.63) is 16.9 Å². The second-order valence-corrected chi connectivity index (χ2v) is 5.82. The molecule has 2 aromatic rings. The second-order valence-electron chi connectivity index (χ2n) is 5.44. The van der Waals surface area contributed by atoms with Crippen LogP contribution >= 0.6 is 12.2 Å². The summed E-state index contributed by atoms with van der Waals surface area (Å²) >= 11 is 5.37. The topological polar surface area (TPSA) is 52.1 Å². The van der Waals surface area contributed by atoms with E-state index in [1.54, 1.807) is 7.11 Å². The van der Waals surface area contributed by atoms with E-state index < -0.39 is 0 Å². The average molecular weight is 307 g/mol. The van der Waals surface area contributed by atoms with Gasteiger partial charge in [0.2, 0.25) is 5.88 Å². The number of hydrogen-bond donors (Lipinski definition) is 1. The van der Waals surface area contributed by atoms with Crippen molar-refractivity contribution in [1.82, 2.24) is 14.5 Å². The molecule has 2 heterocycles. The Morgan fingerprint density at radius 2 is 2.14 bits per heavy atom. The second kappa shape index (κ2) is 6.58. The molecule has 0 amide bonds. The van der Waals surface area contributed by atoms with Gasteiger partial charge in [-0.2, -0.15) is 4.98 Å². The number of ether oxygens (including phenoxy) is 2. The van der Waals surface area contributed by atoms with Crippen molar-refractivity contribution in [3.8, 4) is 5.88 Å². The van der Waals surface area contributed by atoms with Crippen molar-refractivity contribution in [2.24, 2.45) is 0 Å². The molecule has 0 bridgehead atoms. The van der Waals surface area contributed by atoms with E-state index in [-0.39, 0.29) is 0 Å². The number of pyridine rings is 1. The summed E-state index contributed by atoms with van der Waals surface area (Å²) in [6.45, 7) is 1.39. The third kappa shape index (κ3) is 3.27. The van der Waals surface area contributed by atoms with Crippen LogP contribution in [0.15, 0.2) is 12.1 Å². The van der Waals surface area contributed by atoms with Gasteiger partial charge in [-0.15, -0.1) is 0 Å². The first-order valence-corrected chi connectivity index (χ1v) is 7.94. The minimum atomic E-state index is 0.417. The number of nitrogens with zero attached hydrogens (tertiary/aromatic N) is 2. The molecule has 1 N–H and O–H groups in total. The van der Waals surface area contributed by atoms with Crippen LogP contribution in [-0.2, 0) is 11.3 Å². The van der Waals surface area contributed by atoms with Crippen LogP contribution in [0.1, 0.15) is 32.1 Å². The van der Waals surface area contributed by atoms with Gasteiger partial charge in [0.05, 0.1) is 31.9 Å². The molecule has 0 aliphatic heterocycles. The number of H-pyrrole nitrogens is 1. The Balaban J connectivity index is 1.70. The van der Waals surface area contributed by atoms with Gasteiger partial charge in [-0.3, -0.25) is 4.57 Å². The van der Waals surface area contributed by atoms with Gasteiger partial charge in [0.15, 0.2) is 10.4 Å². The lowest BCUT2D eigenvalue weighted by atomic mass is 9.98. The van der Waals surface area contributed by atoms with Crippen molar-refractivity contribution in [2.45, 2.75) is 44.8 Å². The standard InChI is InChI=1S/C15H21N3O2S/c1-19-13-8-7-12-14(17-13)18(15(21)16-12)9-10-20-11-5-3-2-4-6-11/h7-8,11H,2-6,9-10H2,1H3,(H,16,21). The molecule has 2 aromatic heterocycles. The van der Waals surface area contributed by atoms with E-state index in [0.717, 1.165) is 17.7 Å². The highest BCUT2D eigenvalue weighted by atomic mass is 32.1. The Bertz CT molecular complexity index is 658. The maximum atomic E-state index is 5.98. The van der Waals surface area contributed by atoms with E-state index in [2.05, 4.69) is 9.97 Å². The fraction of sp³-hybridized carbons (Fsp3) is 0.600. The van der Waals surface area contributed by atoms with Crippen LogP contribution in [-0.4, -0.2) is 34.4 Å². The van der Waals surface area contributed by atoms with Crippen molar-refractivity contribution in [2.75, 3.05) is 13.7 Å². The van der Waals surface area contributed by atoms with E-state index in [9.17, 15) is 0 Å². The van der Waals surface area contributed by atoms with Gasteiger partial charge in [0, 0.05) is 6.07 Å². The van der Waals surface area contributed by atoms with Crippen LogP contribution in [0.5, 0.6) is 5.88 Å². The summed E-state index contributed by atoms with van der Waals surface area (Å²) < 4.78 is 13.8. The highest BCUT2D eigenvalue weighted by molar-refractivity contribution is 7.71. The predicted octanol–water partition coefficient (Wildman–Crippen LogP) is 3.45. The number of hydrogen-bond acceptors (Lipinski definition) is 4. The lowest BCUT2D eigenvalue weighted by Crippen LogP contribution is -2.19. The van der Waals surface area contributed by atoms with E-state index in [0.29, 0.717) is 23.4 Å². The summed E-state index contributed by atoms with van der Waals surface area (Å²) in [4.78, 5) is 7.64. The largest absolute Gasteiger partial charge is 0.481 e. The third-order valence-corrected chi connectivity index (χ3v) is 4.34. The molecule has 6 heteroatoms. The number of rotatable bonds is 5. The van der Waals surface area contributed by atoms with Crippen molar-refractivity contribution in [3.63, 3.8) is 0 Å². The molecule has 1 saturated carbocycles. The van der Waals surface area contributed by atoms with E-state index >= 15 is 0 Å². The first kappa shape index (κ1) is 14.5. The van der Waals surface area contributed by atoms with E-state index in [4.69, 9.17) is 21.7 Å². The zero-order valence-corrected chi connectivity index (χ0v) is 13.1. The molecule has 0 unspecified atom stereocenters. The Hall–Kier alpha value is -1.40. The summed E-state index contributed by atoms with van der Waals surface area (Å²) in [7, 11) is 1.62. The SMILES string of the molecule is COc1ccc2[nH]c(=S)n(CCOC3CCCCC3)c2n1. The van der Waals surface area contributed by atoms with E-state index in [1.807, 2.05) is 16.7 Å². The first-order chi connectivity index (χ1) is 10.3. The normalized spacial score (nSPS) is 16.4. The number of imidazole rings is 1. The van der Waals surface area contributed by atoms with Gasteiger partial charge in [-0.05, 0) is 31.1 Å². The minimum absolute atomic E-state index is 0.417. The van der Waals surface area contributed by atoms with Crippen molar-refractivity contribution < 1.29 is 9.47 Å². The first-order valence-electron chi connectivity index (χ1n) is 7.53. The number of aromatic nitrogens is 3. The Morgan fingerprint density at radius 3 is 2.90 bits per heavy atom. The zero-order chi connectivity index (χ0) is 14.7. The summed E-state index contributed by atoms with van der Waals surface area (Å²) in [6, 6.07) is 3.77. The molecule has 1 aliphatic rings. The fourth-order valence-corrected chi connectivity index (χ4v) is 3.16.